The molecule has 0 aliphatic rings. The van der Waals surface area contributed by atoms with E-state index in [0.717, 1.165) is 13.0 Å². The van der Waals surface area contributed by atoms with Gasteiger partial charge in [-0.25, -0.2) is 0 Å². The van der Waals surface area contributed by atoms with Gasteiger partial charge in [0.25, 0.3) is 0 Å². The summed E-state index contributed by atoms with van der Waals surface area (Å²) in [5.74, 6) is 0. The Balaban J connectivity index is 2.38. The first-order valence-corrected chi connectivity index (χ1v) is 8.13. The second-order valence-electron chi connectivity index (χ2n) is 5.93. The van der Waals surface area contributed by atoms with Crippen LogP contribution < -0.4 is 5.32 Å². The van der Waals surface area contributed by atoms with E-state index < -0.39 is 0 Å². The van der Waals surface area contributed by atoms with Crippen molar-refractivity contribution in [3.63, 3.8) is 0 Å². The smallest absolute Gasteiger partial charge is 0.0208 e. The van der Waals surface area contributed by atoms with E-state index in [9.17, 15) is 0 Å². The lowest BCUT2D eigenvalue weighted by atomic mass is 10.0. The van der Waals surface area contributed by atoms with Crippen LogP contribution in [-0.2, 0) is 6.54 Å². The summed E-state index contributed by atoms with van der Waals surface area (Å²) in [4.78, 5) is 0. The normalized spacial score (nSPS) is 12.2. The molecule has 0 aliphatic carbocycles. The van der Waals surface area contributed by atoms with Crippen LogP contribution in [0.4, 0.5) is 0 Å². The third kappa shape index (κ3) is 8.16. The quantitative estimate of drug-likeness (QED) is 0.440. The van der Waals surface area contributed by atoms with Gasteiger partial charge in [-0.2, -0.15) is 0 Å². The molecule has 1 aromatic rings. The van der Waals surface area contributed by atoms with E-state index in [2.05, 4.69) is 62.5 Å². The Morgan fingerprint density at radius 1 is 1.10 bits per heavy atom. The van der Waals surface area contributed by atoms with E-state index in [0.29, 0.717) is 6.04 Å². The zero-order valence-corrected chi connectivity index (χ0v) is 13.5. The van der Waals surface area contributed by atoms with Crippen LogP contribution in [0, 0.1) is 0 Å². The van der Waals surface area contributed by atoms with Crippen LogP contribution in [-0.4, -0.2) is 6.04 Å². The third-order valence-corrected chi connectivity index (χ3v) is 3.65. The predicted molar refractivity (Wildman–Crippen MR) is 89.9 cm³/mol. The average molecular weight is 273 g/mol. The molecule has 1 heteroatoms. The van der Waals surface area contributed by atoms with Crippen LogP contribution in [0.1, 0.15) is 64.9 Å². The Morgan fingerprint density at radius 3 is 2.50 bits per heavy atom. The van der Waals surface area contributed by atoms with Crippen molar-refractivity contribution in [1.82, 2.24) is 5.32 Å². The first kappa shape index (κ1) is 17.0. The molecule has 0 bridgehead atoms. The number of benzene rings is 1. The molecule has 0 spiro atoms. The summed E-state index contributed by atoms with van der Waals surface area (Å²) in [6.45, 7) is 7.63. The summed E-state index contributed by atoms with van der Waals surface area (Å²) >= 11 is 0. The van der Waals surface area contributed by atoms with Crippen molar-refractivity contribution in [2.45, 2.75) is 71.9 Å². The van der Waals surface area contributed by atoms with Crippen LogP contribution >= 0.6 is 0 Å². The molecular weight excluding hydrogens is 242 g/mol. The Morgan fingerprint density at radius 2 is 1.85 bits per heavy atom. The highest BCUT2D eigenvalue weighted by atomic mass is 14.9. The Bertz CT molecular complexity index is 363. The number of allylic oxidation sites excluding steroid dienone is 1. The maximum Gasteiger partial charge on any atom is 0.0208 e. The fraction of sp³-hybridized carbons (Fsp3) is 0.579. The molecule has 0 fully saturated rings. The van der Waals surface area contributed by atoms with Crippen molar-refractivity contribution in [3.8, 4) is 0 Å². The Kier molecular flexibility index (Phi) is 9.06. The van der Waals surface area contributed by atoms with Gasteiger partial charge >= 0.3 is 0 Å². The van der Waals surface area contributed by atoms with Crippen LogP contribution in [0.3, 0.4) is 0 Å². The van der Waals surface area contributed by atoms with Gasteiger partial charge in [0.05, 0.1) is 0 Å². The second-order valence-corrected chi connectivity index (χ2v) is 5.93. The zero-order valence-electron chi connectivity index (χ0n) is 13.5. The molecular formula is C19H31N. The van der Waals surface area contributed by atoms with E-state index in [1.54, 1.807) is 0 Å². The zero-order chi connectivity index (χ0) is 14.6. The minimum atomic E-state index is 0.613. The van der Waals surface area contributed by atoms with Crippen molar-refractivity contribution < 1.29 is 0 Å². The maximum atomic E-state index is 3.72. The molecule has 0 saturated carbocycles. The molecule has 1 nitrogen and oxygen atoms in total. The lowest BCUT2D eigenvalue weighted by Gasteiger charge is -2.17. The van der Waals surface area contributed by atoms with Crippen LogP contribution in [0.2, 0.25) is 0 Å². The van der Waals surface area contributed by atoms with Crippen molar-refractivity contribution in [1.29, 1.82) is 0 Å². The lowest BCUT2D eigenvalue weighted by Crippen LogP contribution is -2.28. The van der Waals surface area contributed by atoms with Gasteiger partial charge < -0.3 is 5.32 Å². The van der Waals surface area contributed by atoms with E-state index in [4.69, 9.17) is 0 Å². The number of nitrogens with one attached hydrogen (secondary N) is 1. The Labute approximate surface area is 125 Å². The highest BCUT2D eigenvalue weighted by molar-refractivity contribution is 5.14. The van der Waals surface area contributed by atoms with Gasteiger partial charge in [-0.1, -0.05) is 74.6 Å². The van der Waals surface area contributed by atoms with Gasteiger partial charge in [0.2, 0.25) is 0 Å². The molecule has 112 valence electrons. The molecule has 0 heterocycles. The minimum Gasteiger partial charge on any atom is -0.310 e. The highest BCUT2D eigenvalue weighted by Crippen LogP contribution is 2.11. The monoisotopic (exact) mass is 273 g/mol. The van der Waals surface area contributed by atoms with E-state index in [1.807, 2.05) is 0 Å². The van der Waals surface area contributed by atoms with Crippen molar-refractivity contribution in [2.24, 2.45) is 0 Å². The van der Waals surface area contributed by atoms with E-state index in [1.165, 1.54) is 43.2 Å². The van der Waals surface area contributed by atoms with Gasteiger partial charge in [0.15, 0.2) is 0 Å². The fourth-order valence-electron chi connectivity index (χ4n) is 2.36. The summed E-state index contributed by atoms with van der Waals surface area (Å²) in [6.07, 6.45) is 10.2. The van der Waals surface area contributed by atoms with Gasteiger partial charge in [-0.3, -0.25) is 0 Å². The van der Waals surface area contributed by atoms with Crippen LogP contribution in [0.15, 0.2) is 42.0 Å². The molecule has 0 radical (unpaired) electrons. The van der Waals surface area contributed by atoms with Crippen LogP contribution in [0.25, 0.3) is 0 Å². The summed E-state index contributed by atoms with van der Waals surface area (Å²) in [5, 5.41) is 3.72. The summed E-state index contributed by atoms with van der Waals surface area (Å²) in [6, 6.07) is 11.3. The molecule has 1 unspecified atom stereocenters. The SMILES string of the molecule is CCCCCCC(CC=C(C)C)NCc1ccccc1. The highest BCUT2D eigenvalue weighted by Gasteiger charge is 2.06. The average Bonchev–Trinajstić information content (AvgIpc) is 2.46. The molecule has 0 amide bonds. The number of unbranched alkanes of at least 4 members (excludes halogenated alkanes) is 3. The largest absolute Gasteiger partial charge is 0.310 e. The van der Waals surface area contributed by atoms with Crippen LogP contribution in [0.5, 0.6) is 0 Å². The van der Waals surface area contributed by atoms with E-state index in [-0.39, 0.29) is 0 Å². The third-order valence-electron chi connectivity index (χ3n) is 3.65. The van der Waals surface area contributed by atoms with Crippen molar-refractivity contribution in [3.05, 3.63) is 47.5 Å². The molecule has 1 N–H and O–H groups in total. The summed E-state index contributed by atoms with van der Waals surface area (Å²) in [7, 11) is 0. The second kappa shape index (κ2) is 10.7. The number of hydrogen-bond donors (Lipinski definition) is 1. The first-order valence-electron chi connectivity index (χ1n) is 8.13. The van der Waals surface area contributed by atoms with Gasteiger partial charge in [0.1, 0.15) is 0 Å². The van der Waals surface area contributed by atoms with Gasteiger partial charge in [0, 0.05) is 12.6 Å². The predicted octanol–water partition coefficient (Wildman–Crippen LogP) is 5.47. The molecule has 1 rings (SSSR count). The molecule has 0 aliphatic heterocycles. The maximum absolute atomic E-state index is 3.72. The van der Waals surface area contributed by atoms with E-state index >= 15 is 0 Å². The van der Waals surface area contributed by atoms with Gasteiger partial charge in [-0.15, -0.1) is 0 Å². The lowest BCUT2D eigenvalue weighted by molar-refractivity contribution is 0.456. The summed E-state index contributed by atoms with van der Waals surface area (Å²) < 4.78 is 0. The minimum absolute atomic E-state index is 0.613. The first-order chi connectivity index (χ1) is 9.72. The number of rotatable bonds is 10. The topological polar surface area (TPSA) is 12.0 Å². The van der Waals surface area contributed by atoms with Gasteiger partial charge in [-0.05, 0) is 32.3 Å². The molecule has 1 aromatic carbocycles. The standard InChI is InChI=1S/C19H31N/c1-4-5-6-10-13-19(15-14-17(2)3)20-16-18-11-8-7-9-12-18/h7-9,11-12,14,19-20H,4-6,10,13,15-16H2,1-3H3. The fourth-order valence-corrected chi connectivity index (χ4v) is 2.36. The summed E-state index contributed by atoms with van der Waals surface area (Å²) in [5.41, 5.74) is 2.80. The molecule has 0 aromatic heterocycles. The molecule has 1 atom stereocenters. The number of hydrogen-bond acceptors (Lipinski definition) is 1. The Hall–Kier alpha value is -1.08. The van der Waals surface area contributed by atoms with Crippen molar-refractivity contribution in [2.75, 3.05) is 0 Å². The molecule has 0 saturated heterocycles. The molecule has 20 heavy (non-hydrogen) atoms. The van der Waals surface area contributed by atoms with Crippen molar-refractivity contribution >= 4 is 0 Å².